The molecule has 0 fully saturated rings. The Balaban J connectivity index is 2.09. The van der Waals surface area contributed by atoms with Gasteiger partial charge in [-0.25, -0.2) is 4.98 Å². The van der Waals surface area contributed by atoms with Crippen LogP contribution in [0.2, 0.25) is 5.28 Å². The van der Waals surface area contributed by atoms with E-state index in [9.17, 15) is 5.11 Å². The molecule has 0 bridgehead atoms. The van der Waals surface area contributed by atoms with Crippen molar-refractivity contribution < 1.29 is 9.84 Å². The van der Waals surface area contributed by atoms with Crippen LogP contribution < -0.4 is 4.74 Å². The summed E-state index contributed by atoms with van der Waals surface area (Å²) in [4.78, 5) is 10.4. The molecule has 6 heteroatoms. The lowest BCUT2D eigenvalue weighted by atomic mass is 10.2. The lowest BCUT2D eigenvalue weighted by Crippen LogP contribution is -1.94. The summed E-state index contributed by atoms with van der Waals surface area (Å²) in [5.74, 6) is 0.988. The molecule has 108 valence electrons. The summed E-state index contributed by atoms with van der Waals surface area (Å²) in [5.41, 5.74) is 0.700. The first-order valence-electron chi connectivity index (χ1n) is 6.54. The molecule has 0 aliphatic carbocycles. The van der Waals surface area contributed by atoms with Crippen molar-refractivity contribution in [3.63, 3.8) is 0 Å². The van der Waals surface area contributed by atoms with Gasteiger partial charge in [0.1, 0.15) is 10.6 Å². The molecule has 3 aromatic rings. The maximum atomic E-state index is 9.37. The largest absolute Gasteiger partial charge is 0.438 e. The number of thiophene rings is 1. The molecule has 1 aromatic carbocycles. The molecule has 0 saturated carbocycles. The summed E-state index contributed by atoms with van der Waals surface area (Å²) in [7, 11) is 0. The number of ether oxygens (including phenoxy) is 1. The van der Waals surface area contributed by atoms with E-state index in [2.05, 4.69) is 16.9 Å². The van der Waals surface area contributed by atoms with Crippen LogP contribution in [-0.4, -0.2) is 15.1 Å². The van der Waals surface area contributed by atoms with Crippen molar-refractivity contribution in [1.82, 2.24) is 9.97 Å². The molecule has 3 rings (SSSR count). The molecule has 2 aromatic heterocycles. The number of aliphatic hydroxyl groups excluding tert-OH is 1. The summed E-state index contributed by atoms with van der Waals surface area (Å²) < 4.78 is 5.86. The van der Waals surface area contributed by atoms with Crippen molar-refractivity contribution in [2.24, 2.45) is 0 Å². The molecular weight excluding hydrogens is 308 g/mol. The Labute approximate surface area is 131 Å². The van der Waals surface area contributed by atoms with Crippen molar-refractivity contribution in [3.05, 3.63) is 46.1 Å². The lowest BCUT2D eigenvalue weighted by molar-refractivity contribution is 0.276. The van der Waals surface area contributed by atoms with E-state index in [0.717, 1.165) is 16.6 Å². The minimum absolute atomic E-state index is 0.0953. The molecule has 0 unspecified atom stereocenters. The summed E-state index contributed by atoms with van der Waals surface area (Å²) in [6, 6.07) is 9.31. The van der Waals surface area contributed by atoms with Crippen LogP contribution in [0, 0.1) is 0 Å². The first kappa shape index (κ1) is 14.3. The fourth-order valence-electron chi connectivity index (χ4n) is 2.01. The highest BCUT2D eigenvalue weighted by atomic mass is 35.5. The number of fused-ring (bicyclic) bond motifs is 1. The minimum atomic E-state index is -0.0953. The predicted molar refractivity (Wildman–Crippen MR) is 84.2 cm³/mol. The molecule has 1 N–H and O–H groups in total. The molecule has 0 aliphatic heterocycles. The van der Waals surface area contributed by atoms with Gasteiger partial charge >= 0.3 is 0 Å². The van der Waals surface area contributed by atoms with Crippen LogP contribution in [0.15, 0.2) is 30.3 Å². The molecule has 0 atom stereocenters. The van der Waals surface area contributed by atoms with E-state index >= 15 is 0 Å². The van der Waals surface area contributed by atoms with E-state index in [0.29, 0.717) is 17.2 Å². The molecule has 21 heavy (non-hydrogen) atoms. The number of halogens is 1. The van der Waals surface area contributed by atoms with E-state index < -0.39 is 0 Å². The van der Waals surface area contributed by atoms with Gasteiger partial charge in [-0.05, 0) is 30.2 Å². The predicted octanol–water partition coefficient (Wildman–Crippen LogP) is 4.19. The van der Waals surface area contributed by atoms with E-state index in [1.807, 2.05) is 18.2 Å². The Morgan fingerprint density at radius 2 is 2.10 bits per heavy atom. The fraction of sp³-hybridized carbons (Fsp3) is 0.200. The number of para-hydroxylation sites is 1. The Kier molecular flexibility index (Phi) is 4.05. The molecule has 0 saturated heterocycles. The van der Waals surface area contributed by atoms with E-state index in [-0.39, 0.29) is 11.9 Å². The van der Waals surface area contributed by atoms with Crippen LogP contribution in [-0.2, 0) is 13.0 Å². The molecule has 0 aliphatic rings. The summed E-state index contributed by atoms with van der Waals surface area (Å²) >= 11 is 7.55. The molecule has 0 amide bonds. The second-order valence-corrected chi connectivity index (χ2v) is 5.90. The number of aromatic nitrogens is 2. The number of hydrogen-bond donors (Lipinski definition) is 1. The Morgan fingerprint density at radius 1 is 1.29 bits per heavy atom. The third-order valence-corrected chi connectivity index (χ3v) is 4.42. The van der Waals surface area contributed by atoms with Gasteiger partial charge in [-0.15, -0.1) is 11.3 Å². The fourth-order valence-corrected chi connectivity index (χ4v) is 3.18. The van der Waals surface area contributed by atoms with Gasteiger partial charge in [-0.1, -0.05) is 25.1 Å². The molecular formula is C15H13ClN2O2S. The number of aliphatic hydroxyl groups is 1. The van der Waals surface area contributed by atoms with Gasteiger partial charge < -0.3 is 9.84 Å². The van der Waals surface area contributed by atoms with Crippen LogP contribution in [0.3, 0.4) is 0 Å². The second kappa shape index (κ2) is 5.97. The molecule has 0 radical (unpaired) electrons. The maximum Gasteiger partial charge on any atom is 0.232 e. The highest BCUT2D eigenvalue weighted by Crippen LogP contribution is 2.34. The summed E-state index contributed by atoms with van der Waals surface area (Å²) in [6.07, 6.45) is 0.922. The average Bonchev–Trinajstić information content (AvgIpc) is 2.91. The van der Waals surface area contributed by atoms with E-state index in [1.165, 1.54) is 4.88 Å². The molecule has 4 nitrogen and oxygen atoms in total. The van der Waals surface area contributed by atoms with Gasteiger partial charge in [0.05, 0.1) is 12.0 Å². The van der Waals surface area contributed by atoms with Crippen LogP contribution in [0.5, 0.6) is 11.6 Å². The van der Waals surface area contributed by atoms with Crippen molar-refractivity contribution in [2.75, 3.05) is 0 Å². The van der Waals surface area contributed by atoms with Gasteiger partial charge in [-0.2, -0.15) is 4.98 Å². The minimum Gasteiger partial charge on any atom is -0.438 e. The zero-order chi connectivity index (χ0) is 14.8. The van der Waals surface area contributed by atoms with Crippen molar-refractivity contribution >= 4 is 33.2 Å². The third-order valence-electron chi connectivity index (χ3n) is 3.08. The smallest absolute Gasteiger partial charge is 0.232 e. The number of aryl methyl sites for hydroxylation is 1. The molecule has 2 heterocycles. The SMILES string of the molecule is CCc1cc2c(Oc3ccccc3CO)nc(Cl)nc2s1. The average molecular weight is 321 g/mol. The van der Waals surface area contributed by atoms with Crippen molar-refractivity contribution in [3.8, 4) is 11.6 Å². The quantitative estimate of drug-likeness (QED) is 0.732. The Bertz CT molecular complexity index is 788. The van der Waals surface area contributed by atoms with Crippen LogP contribution in [0.25, 0.3) is 10.2 Å². The Hall–Kier alpha value is -1.69. The maximum absolute atomic E-state index is 9.37. The zero-order valence-corrected chi connectivity index (χ0v) is 12.9. The van der Waals surface area contributed by atoms with Gasteiger partial charge in [0.25, 0.3) is 0 Å². The van der Waals surface area contributed by atoms with Gasteiger partial charge in [0.2, 0.25) is 11.2 Å². The number of nitrogens with zero attached hydrogens (tertiary/aromatic N) is 2. The summed E-state index contributed by atoms with van der Waals surface area (Å²) in [6.45, 7) is 1.99. The number of rotatable bonds is 4. The van der Waals surface area contributed by atoms with Crippen molar-refractivity contribution in [2.45, 2.75) is 20.0 Å². The highest BCUT2D eigenvalue weighted by Gasteiger charge is 2.13. The third kappa shape index (κ3) is 2.85. The standard InChI is InChI=1S/C15H13ClN2O2S/c1-2-10-7-11-13(17-15(16)18-14(11)21-10)20-12-6-4-3-5-9(12)8-19/h3-7,19H,2,8H2,1H3. The monoisotopic (exact) mass is 320 g/mol. The van der Waals surface area contributed by atoms with E-state index in [1.54, 1.807) is 23.5 Å². The normalized spacial score (nSPS) is 11.0. The van der Waals surface area contributed by atoms with Gasteiger partial charge in [0, 0.05) is 10.4 Å². The molecule has 0 spiro atoms. The number of benzene rings is 1. The summed E-state index contributed by atoms with van der Waals surface area (Å²) in [5, 5.41) is 10.4. The second-order valence-electron chi connectivity index (χ2n) is 4.45. The topological polar surface area (TPSA) is 55.2 Å². The van der Waals surface area contributed by atoms with E-state index in [4.69, 9.17) is 16.3 Å². The van der Waals surface area contributed by atoms with Gasteiger partial charge in [0.15, 0.2) is 0 Å². The van der Waals surface area contributed by atoms with Gasteiger partial charge in [-0.3, -0.25) is 0 Å². The zero-order valence-electron chi connectivity index (χ0n) is 11.3. The van der Waals surface area contributed by atoms with Crippen LogP contribution >= 0.6 is 22.9 Å². The lowest BCUT2D eigenvalue weighted by Gasteiger charge is -2.09. The number of hydrogen-bond acceptors (Lipinski definition) is 5. The highest BCUT2D eigenvalue weighted by molar-refractivity contribution is 7.18. The Morgan fingerprint density at radius 3 is 2.86 bits per heavy atom. The first-order chi connectivity index (χ1) is 10.2. The van der Waals surface area contributed by atoms with Crippen molar-refractivity contribution in [1.29, 1.82) is 0 Å². The van der Waals surface area contributed by atoms with Crippen LogP contribution in [0.4, 0.5) is 0 Å². The first-order valence-corrected chi connectivity index (χ1v) is 7.73. The van der Waals surface area contributed by atoms with Crippen LogP contribution in [0.1, 0.15) is 17.4 Å².